The first-order chi connectivity index (χ1) is 27.4. The van der Waals surface area contributed by atoms with Gasteiger partial charge in [0.2, 0.25) is 0 Å². The van der Waals surface area contributed by atoms with Crippen LogP contribution in [0.5, 0.6) is 5.75 Å². The Balaban J connectivity index is 1.21. The van der Waals surface area contributed by atoms with Crippen LogP contribution >= 0.6 is 7.75 Å². The number of carbonyl (C=O) groups excluding carboxylic acids is 3. The van der Waals surface area contributed by atoms with Crippen molar-refractivity contribution < 1.29 is 47.3 Å². The van der Waals surface area contributed by atoms with E-state index in [0.29, 0.717) is 17.3 Å². The summed E-state index contributed by atoms with van der Waals surface area (Å²) in [6.07, 6.45) is 10.8. The average Bonchev–Trinajstić information content (AvgIpc) is 3.42. The summed E-state index contributed by atoms with van der Waals surface area (Å²) in [6.45, 7) is 24.8. The molecule has 1 unspecified atom stereocenters. The van der Waals surface area contributed by atoms with E-state index in [1.54, 1.807) is 43.2 Å². The second-order valence-corrected chi connectivity index (χ2v) is 21.4. The minimum Gasteiger partial charge on any atom is -0.462 e. The fourth-order valence-corrected chi connectivity index (χ4v) is 12.8. The van der Waals surface area contributed by atoms with Gasteiger partial charge in [-0.05, 0) is 152 Å². The van der Waals surface area contributed by atoms with Crippen LogP contribution in [0.15, 0.2) is 47.1 Å². The number of rotatable bonds is 15. The van der Waals surface area contributed by atoms with E-state index in [4.69, 9.17) is 23.5 Å². The molecule has 2 N–H and O–H groups in total. The van der Waals surface area contributed by atoms with E-state index >= 15 is 0 Å². The fourth-order valence-electron chi connectivity index (χ4n) is 11.8. The molecule has 4 aliphatic rings. The van der Waals surface area contributed by atoms with Gasteiger partial charge in [0.05, 0.1) is 12.7 Å². The maximum absolute atomic E-state index is 13.9. The number of nitrogens with one attached hydrogen (secondary N) is 1. The molecule has 0 spiro atoms. The van der Waals surface area contributed by atoms with Gasteiger partial charge in [-0.1, -0.05) is 76.5 Å². The van der Waals surface area contributed by atoms with E-state index in [1.807, 2.05) is 0 Å². The number of hydrogen-bond acceptors (Lipinski definition) is 9. The van der Waals surface area contributed by atoms with Crippen LogP contribution < -0.4 is 9.82 Å². The third-order valence-corrected chi connectivity index (χ3v) is 16.2. The van der Waals surface area contributed by atoms with Crippen molar-refractivity contribution >= 4 is 25.8 Å². The van der Waals surface area contributed by atoms with Crippen molar-refractivity contribution in [3.63, 3.8) is 0 Å². The van der Waals surface area contributed by atoms with E-state index in [2.05, 4.69) is 66.6 Å². The Morgan fingerprint density at radius 3 is 2.29 bits per heavy atom. The van der Waals surface area contributed by atoms with Gasteiger partial charge in [-0.25, -0.2) is 19.2 Å². The van der Waals surface area contributed by atoms with Gasteiger partial charge in [-0.15, -0.1) is 0 Å². The maximum Gasteiger partial charge on any atom is 0.514 e. The summed E-state index contributed by atoms with van der Waals surface area (Å²) >= 11 is 0. The first-order valence-electron chi connectivity index (χ1n) is 22.0. The highest BCUT2D eigenvalue weighted by Crippen LogP contribution is 2.72. The molecule has 2 fully saturated rings. The molecular weight excluding hydrogens is 769 g/mol. The van der Waals surface area contributed by atoms with E-state index in [0.717, 1.165) is 38.0 Å². The minimum atomic E-state index is -4.45. The first kappa shape index (κ1) is 47.1. The van der Waals surface area contributed by atoms with Crippen LogP contribution in [0.25, 0.3) is 0 Å². The molecule has 59 heavy (non-hydrogen) atoms. The van der Waals surface area contributed by atoms with E-state index in [9.17, 15) is 23.8 Å². The first-order valence-corrected chi connectivity index (χ1v) is 23.5. The number of ether oxygens (including phenoxy) is 4. The maximum atomic E-state index is 13.9. The second-order valence-electron chi connectivity index (χ2n) is 19.9. The van der Waals surface area contributed by atoms with Crippen LogP contribution in [0.1, 0.15) is 158 Å². The Bertz CT molecular complexity index is 1830. The number of allylic oxidation sites excluding steroid dienone is 4. The summed E-state index contributed by atoms with van der Waals surface area (Å²) in [5.41, 5.74) is 5.22. The predicted molar refractivity (Wildman–Crippen MR) is 229 cm³/mol. The highest BCUT2D eigenvalue weighted by Gasteiger charge is 2.63. The number of fused-ring (bicyclic) bond motifs is 4. The monoisotopic (exact) mass is 841 g/mol. The minimum absolute atomic E-state index is 0.0202. The Kier molecular flexibility index (Phi) is 14.5. The lowest BCUT2D eigenvalue weighted by Gasteiger charge is -2.62. The molecule has 2 saturated carbocycles. The Morgan fingerprint density at radius 2 is 1.61 bits per heavy atom. The molecule has 0 bridgehead atoms. The van der Waals surface area contributed by atoms with Gasteiger partial charge in [0.15, 0.2) is 0 Å². The van der Waals surface area contributed by atoms with Crippen molar-refractivity contribution in [1.82, 2.24) is 5.09 Å². The second kappa shape index (κ2) is 18.2. The number of carbonyl (C=O) groups is 3. The summed E-state index contributed by atoms with van der Waals surface area (Å²) in [7, 11) is -4.45. The Hall–Kier alpha value is -2.98. The molecule has 0 aromatic heterocycles. The molecule has 5 rings (SSSR count). The van der Waals surface area contributed by atoms with Crippen molar-refractivity contribution in [3.05, 3.63) is 52.6 Å². The number of esters is 2. The SMILES string of the molecule is CC(C)=CCC[C@@H](C)[C@H]1CC[C@@]2(C)C3=C(CC[C@]12C)[C@@]1(C)CC[C@H](OC(=O)c2ccccc2OC(=O)O[C@@H](C)COP(=O)(O)N[C@@H](C)C(=O)OC(C)C)C(C)(C)[C@@H]1CC3. The standard InChI is InChI=1S/C47H72NO10P/c1-29(2)16-15-17-31(5)35-22-26-47(12)37-20-21-39-44(8,9)40(24-25-45(39,10)36(37)23-27-46(35,47)11)58-42(50)34-18-13-14-19-38(34)57-43(51)56-32(6)28-54-59(52,53)48-33(7)41(49)55-30(3)4/h13-14,16,18-19,30-33,35,39-40H,15,17,20-28H2,1-12H3,(H2,48,52,53)/t31-,32+,33+,35-,39+,40+,45-,46-,47+/m1/s1. The van der Waals surface area contributed by atoms with Gasteiger partial charge >= 0.3 is 25.8 Å². The topological polar surface area (TPSA) is 147 Å². The lowest BCUT2D eigenvalue weighted by atomic mass is 9.43. The van der Waals surface area contributed by atoms with Crippen LogP contribution in [0.2, 0.25) is 0 Å². The molecule has 11 nitrogen and oxygen atoms in total. The molecule has 0 saturated heterocycles. The molecule has 10 atom stereocenters. The van der Waals surface area contributed by atoms with Crippen molar-refractivity contribution in [2.45, 2.75) is 172 Å². The normalized spacial score (nSPS) is 31.1. The molecule has 1 aromatic rings. The van der Waals surface area contributed by atoms with Crippen LogP contribution in [-0.2, 0) is 28.1 Å². The molecule has 0 heterocycles. The lowest BCUT2D eigenvalue weighted by molar-refractivity contribution is -0.149. The zero-order valence-electron chi connectivity index (χ0n) is 37.8. The van der Waals surface area contributed by atoms with Crippen LogP contribution in [0.4, 0.5) is 4.79 Å². The van der Waals surface area contributed by atoms with Gasteiger partial charge < -0.3 is 23.8 Å². The Labute approximate surface area is 353 Å². The summed E-state index contributed by atoms with van der Waals surface area (Å²) in [6, 6.07) is 5.27. The number of para-hydroxylation sites is 1. The average molecular weight is 842 g/mol. The molecule has 1 aromatic carbocycles. The van der Waals surface area contributed by atoms with Crippen molar-refractivity contribution in [2.75, 3.05) is 6.61 Å². The van der Waals surface area contributed by atoms with Gasteiger partial charge in [-0.3, -0.25) is 9.32 Å². The molecule has 12 heteroatoms. The smallest absolute Gasteiger partial charge is 0.462 e. The van der Waals surface area contributed by atoms with Gasteiger partial charge in [0, 0.05) is 5.41 Å². The van der Waals surface area contributed by atoms with Crippen LogP contribution in [0.3, 0.4) is 0 Å². The molecular formula is C47H72NO10P. The molecule has 0 radical (unpaired) electrons. The highest BCUT2D eigenvalue weighted by atomic mass is 31.2. The summed E-state index contributed by atoms with van der Waals surface area (Å²) < 4.78 is 39.7. The van der Waals surface area contributed by atoms with E-state index in [1.165, 1.54) is 57.6 Å². The van der Waals surface area contributed by atoms with Crippen molar-refractivity contribution in [3.8, 4) is 5.75 Å². The summed E-state index contributed by atoms with van der Waals surface area (Å²) in [5.74, 6) is 0.483. The fraction of sp³-hybridized carbons (Fsp3) is 0.723. The summed E-state index contributed by atoms with van der Waals surface area (Å²) in [4.78, 5) is 49.0. The largest absolute Gasteiger partial charge is 0.514 e. The van der Waals surface area contributed by atoms with Crippen LogP contribution in [-0.4, -0.2) is 53.9 Å². The predicted octanol–water partition coefficient (Wildman–Crippen LogP) is 11.3. The Morgan fingerprint density at radius 1 is 0.915 bits per heavy atom. The van der Waals surface area contributed by atoms with Gasteiger partial charge in [0.25, 0.3) is 0 Å². The van der Waals surface area contributed by atoms with Crippen molar-refractivity contribution in [2.24, 2.45) is 39.4 Å². The third-order valence-electron chi connectivity index (χ3n) is 15.0. The lowest BCUT2D eigenvalue weighted by Crippen LogP contribution is -2.55. The van der Waals surface area contributed by atoms with Crippen LogP contribution in [0, 0.1) is 39.4 Å². The number of hydrogen-bond donors (Lipinski definition) is 2. The van der Waals surface area contributed by atoms with E-state index in [-0.39, 0.29) is 33.7 Å². The molecule has 0 amide bonds. The van der Waals surface area contributed by atoms with Gasteiger partial charge in [-0.2, -0.15) is 0 Å². The summed E-state index contributed by atoms with van der Waals surface area (Å²) in [5, 5.41) is 2.21. The van der Waals surface area contributed by atoms with Gasteiger partial charge in [0.1, 0.15) is 29.6 Å². The van der Waals surface area contributed by atoms with E-state index < -0.39 is 50.7 Å². The molecule has 0 aliphatic heterocycles. The van der Waals surface area contributed by atoms with Crippen molar-refractivity contribution in [1.29, 1.82) is 0 Å². The third kappa shape index (κ3) is 9.90. The quantitative estimate of drug-likeness (QED) is 0.0572. The zero-order valence-corrected chi connectivity index (χ0v) is 38.7. The molecule has 330 valence electrons. The number of benzene rings is 1. The molecule has 4 aliphatic carbocycles. The highest BCUT2D eigenvalue weighted by molar-refractivity contribution is 7.50. The zero-order chi connectivity index (χ0) is 43.7.